The Bertz CT molecular complexity index is 530. The van der Waals surface area contributed by atoms with Crippen molar-refractivity contribution < 1.29 is 0 Å². The fourth-order valence-corrected chi connectivity index (χ4v) is 4.89. The van der Waals surface area contributed by atoms with Gasteiger partial charge in [-0.15, -0.1) is 0 Å². The van der Waals surface area contributed by atoms with E-state index in [4.69, 9.17) is 0 Å². The number of allylic oxidation sites excluding steroid dienone is 2. The van der Waals surface area contributed by atoms with Crippen LogP contribution in [-0.2, 0) is 18.3 Å². The van der Waals surface area contributed by atoms with Crippen molar-refractivity contribution in [2.24, 2.45) is 5.92 Å². The average Bonchev–Trinajstić information content (AvgIpc) is 2.46. The van der Waals surface area contributed by atoms with Gasteiger partial charge in [0.25, 0.3) is 0 Å². The number of benzene rings is 1. The van der Waals surface area contributed by atoms with Crippen molar-refractivity contribution in [1.29, 1.82) is 0 Å². The highest BCUT2D eigenvalue weighted by Gasteiger charge is 2.49. The van der Waals surface area contributed by atoms with Gasteiger partial charge in [0.15, 0.2) is 0 Å². The van der Waals surface area contributed by atoms with E-state index in [1.807, 2.05) is 0 Å². The van der Waals surface area contributed by atoms with Crippen LogP contribution in [0, 0.1) is 5.92 Å². The molecule has 1 aromatic carbocycles. The van der Waals surface area contributed by atoms with Gasteiger partial charge in [0.05, 0.1) is 0 Å². The van der Waals surface area contributed by atoms with Gasteiger partial charge in [-0.05, 0) is 61.3 Å². The first kappa shape index (κ1) is 11.7. The molecule has 1 aliphatic heterocycles. The van der Waals surface area contributed by atoms with Crippen molar-refractivity contribution in [1.82, 2.24) is 5.32 Å². The molecule has 1 heterocycles. The highest BCUT2D eigenvalue weighted by molar-refractivity contribution is 5.48. The zero-order valence-corrected chi connectivity index (χ0v) is 11.8. The maximum absolute atomic E-state index is 3.80. The number of nitrogens with one attached hydrogen (secondary N) is 1. The van der Waals surface area contributed by atoms with Crippen LogP contribution in [0.3, 0.4) is 0 Å². The minimum atomic E-state index is 0.354. The number of hydrogen-bond donors (Lipinski definition) is 1. The van der Waals surface area contributed by atoms with E-state index in [2.05, 4.69) is 42.6 Å². The first-order valence-electron chi connectivity index (χ1n) is 7.87. The normalized spacial score (nSPS) is 35.6. The predicted molar refractivity (Wildman–Crippen MR) is 79.5 cm³/mol. The van der Waals surface area contributed by atoms with Crippen LogP contribution in [0.5, 0.6) is 0 Å². The molecule has 3 aliphatic rings. The average molecular weight is 253 g/mol. The molecule has 0 unspecified atom stereocenters. The molecule has 2 bridgehead atoms. The van der Waals surface area contributed by atoms with Crippen LogP contribution in [0.15, 0.2) is 30.4 Å². The lowest BCUT2D eigenvalue weighted by atomic mass is 9.54. The standard InChI is InChI=1S/C18H23N/c1-2-13-6-5-8-15-14(13)12-17-16-7-3-4-9-18(15,16)10-11-19-17/h4-6,8-9,16-17,19H,2-3,7,10-12H2,1H3/t16-,17+,18-/m0/s1. The zero-order chi connectivity index (χ0) is 12.9. The molecule has 3 atom stereocenters. The Hall–Kier alpha value is -1.08. The summed E-state index contributed by atoms with van der Waals surface area (Å²) in [6.45, 7) is 3.47. The molecule has 0 aromatic heterocycles. The Balaban J connectivity index is 1.96. The molecule has 1 aromatic rings. The van der Waals surface area contributed by atoms with Gasteiger partial charge in [-0.3, -0.25) is 0 Å². The van der Waals surface area contributed by atoms with Gasteiger partial charge in [-0.1, -0.05) is 37.3 Å². The lowest BCUT2D eigenvalue weighted by molar-refractivity contribution is 0.149. The summed E-state index contributed by atoms with van der Waals surface area (Å²) in [5.74, 6) is 0.825. The monoisotopic (exact) mass is 253 g/mol. The lowest BCUT2D eigenvalue weighted by Gasteiger charge is -2.54. The summed E-state index contributed by atoms with van der Waals surface area (Å²) < 4.78 is 0. The second-order valence-corrected chi connectivity index (χ2v) is 6.44. The summed E-state index contributed by atoms with van der Waals surface area (Å²) in [7, 11) is 0. The van der Waals surface area contributed by atoms with Crippen molar-refractivity contribution in [3.05, 3.63) is 47.0 Å². The molecular formula is C18H23N. The Morgan fingerprint density at radius 3 is 3.21 bits per heavy atom. The molecule has 1 heteroatoms. The predicted octanol–water partition coefficient (Wildman–Crippen LogP) is 3.37. The van der Waals surface area contributed by atoms with E-state index in [1.165, 1.54) is 38.6 Å². The van der Waals surface area contributed by atoms with Gasteiger partial charge in [-0.25, -0.2) is 0 Å². The van der Waals surface area contributed by atoms with Gasteiger partial charge in [0.1, 0.15) is 0 Å². The van der Waals surface area contributed by atoms with Crippen LogP contribution in [0.4, 0.5) is 0 Å². The van der Waals surface area contributed by atoms with Crippen LogP contribution in [0.25, 0.3) is 0 Å². The molecule has 1 nitrogen and oxygen atoms in total. The Morgan fingerprint density at radius 2 is 2.32 bits per heavy atom. The fraction of sp³-hybridized carbons (Fsp3) is 0.556. The first-order valence-corrected chi connectivity index (χ1v) is 7.87. The second kappa shape index (κ2) is 4.21. The molecule has 4 rings (SSSR count). The molecule has 0 spiro atoms. The fourth-order valence-electron chi connectivity index (χ4n) is 4.89. The third-order valence-electron chi connectivity index (χ3n) is 5.73. The third kappa shape index (κ3) is 1.51. The summed E-state index contributed by atoms with van der Waals surface area (Å²) in [6.07, 6.45) is 11.3. The zero-order valence-electron chi connectivity index (χ0n) is 11.8. The molecule has 0 radical (unpaired) electrons. The SMILES string of the molecule is CCc1cccc2c1C[C@H]1NCC[C@@]23C=CCC[C@@H]13. The number of aryl methyl sites for hydroxylation is 1. The molecule has 1 N–H and O–H groups in total. The summed E-state index contributed by atoms with van der Waals surface area (Å²) in [6, 6.07) is 7.74. The number of rotatable bonds is 1. The van der Waals surface area contributed by atoms with Crippen molar-refractivity contribution in [2.75, 3.05) is 6.54 Å². The third-order valence-corrected chi connectivity index (χ3v) is 5.73. The van der Waals surface area contributed by atoms with E-state index < -0.39 is 0 Å². The van der Waals surface area contributed by atoms with Crippen molar-refractivity contribution in [2.45, 2.75) is 50.5 Å². The smallest absolute Gasteiger partial charge is 0.0190 e. The topological polar surface area (TPSA) is 12.0 Å². The minimum Gasteiger partial charge on any atom is -0.313 e. The first-order chi connectivity index (χ1) is 9.35. The molecule has 19 heavy (non-hydrogen) atoms. The van der Waals surface area contributed by atoms with E-state index in [0.717, 1.165) is 5.92 Å². The van der Waals surface area contributed by atoms with E-state index in [9.17, 15) is 0 Å². The number of fused-ring (bicyclic) bond motifs is 1. The van der Waals surface area contributed by atoms with E-state index in [-0.39, 0.29) is 0 Å². The molecule has 0 saturated carbocycles. The largest absolute Gasteiger partial charge is 0.313 e. The summed E-state index contributed by atoms with van der Waals surface area (Å²) in [4.78, 5) is 0. The summed E-state index contributed by atoms with van der Waals surface area (Å²) in [5, 5.41) is 3.80. The van der Waals surface area contributed by atoms with Gasteiger partial charge in [0, 0.05) is 11.5 Å². The summed E-state index contributed by atoms with van der Waals surface area (Å²) in [5.41, 5.74) is 5.24. The Labute approximate surface area is 116 Å². The summed E-state index contributed by atoms with van der Waals surface area (Å²) >= 11 is 0. The van der Waals surface area contributed by atoms with Crippen LogP contribution < -0.4 is 5.32 Å². The van der Waals surface area contributed by atoms with Gasteiger partial charge in [0.2, 0.25) is 0 Å². The van der Waals surface area contributed by atoms with Gasteiger partial charge >= 0.3 is 0 Å². The van der Waals surface area contributed by atoms with Crippen LogP contribution in [0.2, 0.25) is 0 Å². The maximum atomic E-state index is 3.80. The Morgan fingerprint density at radius 1 is 1.37 bits per heavy atom. The molecular weight excluding hydrogens is 230 g/mol. The molecule has 1 fully saturated rings. The van der Waals surface area contributed by atoms with Crippen LogP contribution >= 0.6 is 0 Å². The van der Waals surface area contributed by atoms with Gasteiger partial charge in [-0.2, -0.15) is 0 Å². The highest BCUT2D eigenvalue weighted by Crippen LogP contribution is 2.51. The van der Waals surface area contributed by atoms with Crippen molar-refractivity contribution in [3.8, 4) is 0 Å². The van der Waals surface area contributed by atoms with E-state index in [1.54, 1.807) is 16.7 Å². The maximum Gasteiger partial charge on any atom is 0.0190 e. The minimum absolute atomic E-state index is 0.354. The highest BCUT2D eigenvalue weighted by atomic mass is 15.0. The van der Waals surface area contributed by atoms with Crippen LogP contribution in [0.1, 0.15) is 42.9 Å². The number of piperidine rings is 1. The van der Waals surface area contributed by atoms with E-state index >= 15 is 0 Å². The Kier molecular flexibility index (Phi) is 2.60. The molecule has 100 valence electrons. The number of hydrogen-bond acceptors (Lipinski definition) is 1. The second-order valence-electron chi connectivity index (χ2n) is 6.44. The lowest BCUT2D eigenvalue weighted by Crippen LogP contribution is -2.58. The van der Waals surface area contributed by atoms with E-state index in [0.29, 0.717) is 11.5 Å². The molecule has 0 amide bonds. The molecule has 1 saturated heterocycles. The van der Waals surface area contributed by atoms with Crippen molar-refractivity contribution >= 4 is 0 Å². The van der Waals surface area contributed by atoms with Crippen LogP contribution in [-0.4, -0.2) is 12.6 Å². The van der Waals surface area contributed by atoms with Crippen molar-refractivity contribution in [3.63, 3.8) is 0 Å². The van der Waals surface area contributed by atoms with Gasteiger partial charge < -0.3 is 5.32 Å². The quantitative estimate of drug-likeness (QED) is 0.757. The molecule has 2 aliphatic carbocycles.